The van der Waals surface area contributed by atoms with Gasteiger partial charge in [-0.15, -0.1) is 0 Å². The molecule has 10 heteroatoms. The van der Waals surface area contributed by atoms with Gasteiger partial charge in [0.05, 0.1) is 11.8 Å². The number of hydrogen-bond donors (Lipinski definition) is 1. The largest absolute Gasteiger partial charge is 0.488 e. The van der Waals surface area contributed by atoms with E-state index in [0.29, 0.717) is 35.4 Å². The van der Waals surface area contributed by atoms with Gasteiger partial charge in [0.1, 0.15) is 17.7 Å². The van der Waals surface area contributed by atoms with Crippen LogP contribution in [0.3, 0.4) is 0 Å². The maximum atomic E-state index is 14.6. The molecule has 2 fully saturated rings. The Bertz CT molecular complexity index is 1110. The van der Waals surface area contributed by atoms with E-state index in [1.807, 2.05) is 4.72 Å². The number of carbonyl (C=O) groups is 1. The van der Waals surface area contributed by atoms with Crippen molar-refractivity contribution in [3.05, 3.63) is 62.9 Å². The zero-order valence-electron chi connectivity index (χ0n) is 16.7. The standard InChI is InChI=1S/C21H21Cl2FN2O4S/c1-31(28,29)25-21(27)19-8-18(12-2-3-12)13(4-20(19)24)9-26-10-17(11-26)30-16-6-14(22)5-15(23)7-16/h4-8,12,17H,2-3,9-11H2,1H3,(H,25,27). The summed E-state index contributed by atoms with van der Waals surface area (Å²) in [7, 11) is -3.77. The van der Waals surface area contributed by atoms with Crippen LogP contribution in [0.15, 0.2) is 30.3 Å². The Morgan fingerprint density at radius 3 is 2.39 bits per heavy atom. The van der Waals surface area contributed by atoms with Crippen LogP contribution in [0, 0.1) is 5.82 Å². The monoisotopic (exact) mass is 486 g/mol. The minimum absolute atomic E-state index is 0.0245. The molecule has 31 heavy (non-hydrogen) atoms. The lowest BCUT2D eigenvalue weighted by Gasteiger charge is -2.39. The number of carbonyl (C=O) groups excluding carboxylic acids is 1. The van der Waals surface area contributed by atoms with E-state index in [1.54, 1.807) is 18.2 Å². The highest BCUT2D eigenvalue weighted by atomic mass is 35.5. The normalized spacial score (nSPS) is 17.3. The number of halogens is 3. The molecule has 1 aliphatic carbocycles. The molecule has 0 spiro atoms. The molecule has 0 atom stereocenters. The van der Waals surface area contributed by atoms with Crippen molar-refractivity contribution in [2.45, 2.75) is 31.4 Å². The second-order valence-corrected chi connectivity index (χ2v) is 10.7. The van der Waals surface area contributed by atoms with Gasteiger partial charge in [-0.1, -0.05) is 23.2 Å². The molecule has 0 radical (unpaired) electrons. The van der Waals surface area contributed by atoms with E-state index in [1.165, 1.54) is 12.1 Å². The second-order valence-electron chi connectivity index (χ2n) is 8.05. The minimum atomic E-state index is -3.77. The van der Waals surface area contributed by atoms with Crippen molar-refractivity contribution in [1.82, 2.24) is 9.62 Å². The van der Waals surface area contributed by atoms with Crippen LogP contribution in [0.2, 0.25) is 10.0 Å². The van der Waals surface area contributed by atoms with Gasteiger partial charge in [-0.3, -0.25) is 9.69 Å². The van der Waals surface area contributed by atoms with E-state index in [9.17, 15) is 17.6 Å². The molecule has 0 aromatic heterocycles. The van der Waals surface area contributed by atoms with Crippen molar-refractivity contribution in [3.8, 4) is 5.75 Å². The fraction of sp³-hybridized carbons (Fsp3) is 0.381. The highest BCUT2D eigenvalue weighted by Crippen LogP contribution is 2.43. The van der Waals surface area contributed by atoms with Crippen LogP contribution in [0.4, 0.5) is 4.39 Å². The van der Waals surface area contributed by atoms with Crippen LogP contribution >= 0.6 is 23.2 Å². The van der Waals surface area contributed by atoms with Gasteiger partial charge in [-0.25, -0.2) is 17.5 Å². The molecule has 6 nitrogen and oxygen atoms in total. The van der Waals surface area contributed by atoms with E-state index in [2.05, 4.69) is 4.90 Å². The number of benzene rings is 2. The highest BCUT2D eigenvalue weighted by Gasteiger charge is 2.33. The first-order valence-corrected chi connectivity index (χ1v) is 12.4. The predicted octanol–water partition coefficient (Wildman–Crippen LogP) is 3.96. The molecule has 166 valence electrons. The van der Waals surface area contributed by atoms with Crippen LogP contribution in [0.5, 0.6) is 5.75 Å². The summed E-state index contributed by atoms with van der Waals surface area (Å²) in [4.78, 5) is 14.3. The Hall–Kier alpha value is -1.87. The SMILES string of the molecule is CS(=O)(=O)NC(=O)c1cc(C2CC2)c(CN2CC(Oc3cc(Cl)cc(Cl)c3)C2)cc1F. The topological polar surface area (TPSA) is 75.7 Å². The van der Waals surface area contributed by atoms with Crippen LogP contribution in [-0.2, 0) is 16.6 Å². The van der Waals surface area contributed by atoms with Gasteiger partial charge in [-0.2, -0.15) is 0 Å². The van der Waals surface area contributed by atoms with Gasteiger partial charge >= 0.3 is 0 Å². The molecular weight excluding hydrogens is 466 g/mol. The number of ether oxygens (including phenoxy) is 1. The molecule has 2 aromatic carbocycles. The van der Waals surface area contributed by atoms with E-state index in [0.717, 1.165) is 30.2 Å². The number of sulfonamides is 1. The lowest BCUT2D eigenvalue weighted by atomic mass is 9.97. The van der Waals surface area contributed by atoms with Crippen LogP contribution < -0.4 is 9.46 Å². The molecule has 4 rings (SSSR count). The number of rotatable bonds is 7. The Kier molecular flexibility index (Phi) is 6.18. The number of hydrogen-bond acceptors (Lipinski definition) is 5. The van der Waals surface area contributed by atoms with Gasteiger partial charge in [0.2, 0.25) is 10.0 Å². The molecule has 1 saturated carbocycles. The average molecular weight is 487 g/mol. The summed E-state index contributed by atoms with van der Waals surface area (Å²) >= 11 is 12.0. The quantitative estimate of drug-likeness (QED) is 0.640. The van der Waals surface area contributed by atoms with Crippen molar-refractivity contribution >= 4 is 39.1 Å². The molecule has 1 aliphatic heterocycles. The Morgan fingerprint density at radius 2 is 1.81 bits per heavy atom. The molecule has 0 bridgehead atoms. The molecule has 0 unspecified atom stereocenters. The molecule has 1 saturated heterocycles. The van der Waals surface area contributed by atoms with Gasteiger partial charge < -0.3 is 4.74 Å². The van der Waals surface area contributed by atoms with E-state index in [-0.39, 0.29) is 17.6 Å². The first kappa shape index (κ1) is 22.3. The fourth-order valence-corrected chi connectivity index (χ4v) is 4.65. The zero-order valence-corrected chi connectivity index (χ0v) is 19.0. The Labute approximate surface area is 190 Å². The van der Waals surface area contributed by atoms with Crippen molar-refractivity contribution in [3.63, 3.8) is 0 Å². The third-order valence-corrected chi connectivity index (χ3v) is 6.22. The Balaban J connectivity index is 1.43. The van der Waals surface area contributed by atoms with Crippen LogP contribution in [-0.4, -0.2) is 44.7 Å². The van der Waals surface area contributed by atoms with E-state index < -0.39 is 21.7 Å². The summed E-state index contributed by atoms with van der Waals surface area (Å²) in [6.45, 7) is 1.84. The summed E-state index contributed by atoms with van der Waals surface area (Å²) in [5.74, 6) is -0.816. The average Bonchev–Trinajstić information content (AvgIpc) is 3.42. The third-order valence-electron chi connectivity index (χ3n) is 5.23. The molecule has 1 N–H and O–H groups in total. The molecule has 2 aromatic rings. The van der Waals surface area contributed by atoms with Gasteiger partial charge in [0.25, 0.3) is 5.91 Å². The molecule has 2 aliphatic rings. The predicted molar refractivity (Wildman–Crippen MR) is 117 cm³/mol. The number of amides is 1. The van der Waals surface area contributed by atoms with E-state index in [4.69, 9.17) is 27.9 Å². The van der Waals surface area contributed by atoms with Crippen molar-refractivity contribution in [2.24, 2.45) is 0 Å². The molecule has 1 amide bonds. The fourth-order valence-electron chi connectivity index (χ4n) is 3.70. The molecule has 1 heterocycles. The lowest BCUT2D eigenvalue weighted by molar-refractivity contribution is 0.0144. The first-order chi connectivity index (χ1) is 14.6. The first-order valence-electron chi connectivity index (χ1n) is 9.77. The van der Waals surface area contributed by atoms with Gasteiger partial charge in [0, 0.05) is 29.7 Å². The third kappa shape index (κ3) is 5.68. The molecular formula is C21H21Cl2FN2O4S. The summed E-state index contributed by atoms with van der Waals surface area (Å²) in [6, 6.07) is 7.88. The van der Waals surface area contributed by atoms with Gasteiger partial charge in [-0.05, 0) is 60.2 Å². The second kappa shape index (κ2) is 8.58. The van der Waals surface area contributed by atoms with Crippen LogP contribution in [0.1, 0.15) is 40.2 Å². The number of nitrogens with zero attached hydrogens (tertiary/aromatic N) is 1. The number of nitrogens with one attached hydrogen (secondary N) is 1. The summed E-state index contributed by atoms with van der Waals surface area (Å²) in [5, 5.41) is 1.01. The Morgan fingerprint density at radius 1 is 1.16 bits per heavy atom. The summed E-state index contributed by atoms with van der Waals surface area (Å²) < 4.78 is 45.0. The summed E-state index contributed by atoms with van der Waals surface area (Å²) in [6.07, 6.45) is 2.77. The highest BCUT2D eigenvalue weighted by molar-refractivity contribution is 7.89. The maximum Gasteiger partial charge on any atom is 0.267 e. The van der Waals surface area contributed by atoms with Crippen LogP contribution in [0.25, 0.3) is 0 Å². The lowest BCUT2D eigenvalue weighted by Crippen LogP contribution is -2.53. The van der Waals surface area contributed by atoms with E-state index >= 15 is 0 Å². The van der Waals surface area contributed by atoms with Crippen molar-refractivity contribution in [1.29, 1.82) is 0 Å². The minimum Gasteiger partial charge on any atom is -0.488 e. The van der Waals surface area contributed by atoms with Gasteiger partial charge in [0.15, 0.2) is 0 Å². The number of likely N-dealkylation sites (tertiary alicyclic amines) is 1. The smallest absolute Gasteiger partial charge is 0.267 e. The van der Waals surface area contributed by atoms with Crippen molar-refractivity contribution < 1.29 is 22.3 Å². The van der Waals surface area contributed by atoms with Crippen molar-refractivity contribution in [2.75, 3.05) is 19.3 Å². The maximum absolute atomic E-state index is 14.6. The zero-order chi connectivity index (χ0) is 22.3. The summed E-state index contributed by atoms with van der Waals surface area (Å²) in [5.41, 5.74) is 1.45.